The number of nitrogens with zero attached hydrogens (tertiary/aromatic N) is 4. The summed E-state index contributed by atoms with van der Waals surface area (Å²) in [5, 5.41) is 11.9. The van der Waals surface area contributed by atoms with Crippen molar-refractivity contribution in [2.45, 2.75) is 374 Å². The summed E-state index contributed by atoms with van der Waals surface area (Å²) in [5.41, 5.74) is 11.8. The van der Waals surface area contributed by atoms with Crippen LogP contribution in [0.4, 0.5) is 9.59 Å². The van der Waals surface area contributed by atoms with E-state index in [-0.39, 0.29) is 37.0 Å². The average Bonchev–Trinajstić information content (AvgIpc) is 0.944. The van der Waals surface area contributed by atoms with Crippen molar-refractivity contribution in [3.05, 3.63) is 97.2 Å². The Balaban J connectivity index is 5.49. The number of carbonyl (C=O) groups excluding carboxylic acids is 4. The molecule has 0 aromatic rings. The predicted octanol–water partition coefficient (Wildman–Crippen LogP) is 23.4. The van der Waals surface area contributed by atoms with Crippen molar-refractivity contribution in [1.82, 2.24) is 40.9 Å². The molecule has 0 spiro atoms. The van der Waals surface area contributed by atoms with Crippen LogP contribution in [0.15, 0.2) is 97.2 Å². The Bertz CT molecular complexity index is 1950. The lowest BCUT2D eigenvalue weighted by Crippen LogP contribution is -2.45. The second kappa shape index (κ2) is 87.8. The van der Waals surface area contributed by atoms with Crippen LogP contribution < -0.4 is 32.7 Å². The molecule has 0 fully saturated rings. The number of unbranched alkanes of at least 4 members (excludes halogenated alkanes) is 37. The molecule has 0 saturated heterocycles. The van der Waals surface area contributed by atoms with Gasteiger partial charge in [0.2, 0.25) is 11.8 Å². The summed E-state index contributed by atoms with van der Waals surface area (Å²) >= 11 is 0. The van der Waals surface area contributed by atoms with E-state index in [9.17, 15) is 19.2 Å². The molecular formula is C94H176N10O4. The molecule has 0 aliphatic carbocycles. The summed E-state index contributed by atoms with van der Waals surface area (Å²) < 4.78 is 0. The first-order valence-electron chi connectivity index (χ1n) is 45.9. The minimum atomic E-state index is -0.307. The normalized spacial score (nSPS) is 12.2. The number of allylic oxidation sites excluding steroid dienone is 16. The third kappa shape index (κ3) is 77.9. The zero-order chi connectivity index (χ0) is 78.3. The number of hydrogen-bond acceptors (Lipinski definition) is 8. The Morgan fingerprint density at radius 3 is 0.676 bits per heavy atom. The number of nitrogens with one attached hydrogen (secondary N) is 4. The molecule has 0 radical (unpaired) electrons. The molecular weight excluding hydrogens is 1330 g/mol. The number of carbonyl (C=O) groups is 4. The third-order valence-electron chi connectivity index (χ3n) is 20.4. The molecule has 0 heterocycles. The monoisotopic (exact) mass is 1510 g/mol. The third-order valence-corrected chi connectivity index (χ3v) is 20.4. The first-order valence-corrected chi connectivity index (χ1v) is 45.9. The highest BCUT2D eigenvalue weighted by molar-refractivity contribution is 5.84. The number of rotatable bonds is 83. The lowest BCUT2D eigenvalue weighted by atomic mass is 10.1. The van der Waals surface area contributed by atoms with Crippen molar-refractivity contribution >= 4 is 23.9 Å². The van der Waals surface area contributed by atoms with Gasteiger partial charge in [0.05, 0.1) is 13.1 Å². The SMILES string of the molecule is CCCCC/C=C\C/C=C\CCCCCCCCN(CCCCCCCC/C=C\C/C=C\CCCCC)C(=O)CNC(=O)NCCCN(CCCCN(CCCN)CCCN)CCCNC(=O)NCC(=O)N(CCCCCCCC/C=C\C/C=C\CCCCC)CCCCCCCC/C=C\C/C=C\CCCCC. The Morgan fingerprint density at radius 1 is 0.231 bits per heavy atom. The van der Waals surface area contributed by atoms with E-state index < -0.39 is 0 Å². The highest BCUT2D eigenvalue weighted by atomic mass is 16.2. The summed E-state index contributed by atoms with van der Waals surface area (Å²) in [6.07, 6.45) is 99.7. The Kier molecular flexibility index (Phi) is 83.9. The first-order chi connectivity index (χ1) is 53.3. The maximum Gasteiger partial charge on any atom is 0.315 e. The highest BCUT2D eigenvalue weighted by Gasteiger charge is 2.17. The molecule has 0 atom stereocenters. The molecule has 14 nitrogen and oxygen atoms in total. The van der Waals surface area contributed by atoms with E-state index in [1.807, 2.05) is 9.80 Å². The maximum atomic E-state index is 13.8. The summed E-state index contributed by atoms with van der Waals surface area (Å²) in [5.74, 6) is -0.00317. The minimum absolute atomic E-state index is 0.00158. The van der Waals surface area contributed by atoms with Crippen molar-refractivity contribution in [2.75, 3.05) is 105 Å². The van der Waals surface area contributed by atoms with Crippen LogP contribution in [0.3, 0.4) is 0 Å². The van der Waals surface area contributed by atoms with E-state index in [2.05, 4.69) is 156 Å². The molecule has 0 saturated carbocycles. The molecule has 14 heteroatoms. The maximum absolute atomic E-state index is 13.8. The standard InChI is InChI=1S/C94H176N10O4/c1-5-9-13-17-21-25-29-33-37-41-45-49-53-57-61-65-85-103(86-66-62-58-54-50-46-42-38-34-30-26-22-18-14-10-6-2)91(105)89-99-93(107)97-77-73-83-102(80-70-69-79-101(81-71-75-95)82-72-76-96)84-74-78-98-94(108)100-90-92(106)104(87-67-63-59-55-51-47-43-39-35-31-27-23-19-15-11-7-3)88-68-64-60-56-52-48-44-40-36-32-28-24-20-16-12-8-4/h21-28,33-40H,5-20,29-32,41-90,95-96H2,1-4H3,(H2,97,99,107)(H2,98,100,108)/b25-21-,26-22-,27-23-,28-24-,37-33-,38-34-,39-35-,40-36-. The number of nitrogens with two attached hydrogens (primary N) is 2. The molecule has 0 unspecified atom stereocenters. The second-order valence-electron chi connectivity index (χ2n) is 30.7. The molecule has 626 valence electrons. The molecule has 6 amide bonds. The van der Waals surface area contributed by atoms with Crippen molar-refractivity contribution in [1.29, 1.82) is 0 Å². The van der Waals surface area contributed by atoms with Crippen molar-refractivity contribution in [3.8, 4) is 0 Å². The van der Waals surface area contributed by atoms with Crippen LogP contribution in [-0.4, -0.2) is 148 Å². The van der Waals surface area contributed by atoms with Gasteiger partial charge in [-0.25, -0.2) is 9.59 Å². The van der Waals surface area contributed by atoms with Crippen molar-refractivity contribution in [2.24, 2.45) is 11.5 Å². The predicted molar refractivity (Wildman–Crippen MR) is 472 cm³/mol. The van der Waals surface area contributed by atoms with Gasteiger partial charge in [-0.1, -0.05) is 279 Å². The molecule has 0 bridgehead atoms. The van der Waals surface area contributed by atoms with E-state index >= 15 is 0 Å². The summed E-state index contributed by atoms with van der Waals surface area (Å²) in [4.78, 5) is 63.1. The van der Waals surface area contributed by atoms with Crippen molar-refractivity contribution < 1.29 is 19.2 Å². The number of hydrogen-bond donors (Lipinski definition) is 6. The number of urea groups is 2. The van der Waals surface area contributed by atoms with Crippen LogP contribution in [0.5, 0.6) is 0 Å². The van der Waals surface area contributed by atoms with E-state index in [0.717, 1.165) is 207 Å². The molecule has 108 heavy (non-hydrogen) atoms. The molecule has 0 aromatic carbocycles. The van der Waals surface area contributed by atoms with Gasteiger partial charge in [-0.05, 0) is 245 Å². The fourth-order valence-electron chi connectivity index (χ4n) is 13.5. The Morgan fingerprint density at radius 2 is 0.435 bits per heavy atom. The smallest absolute Gasteiger partial charge is 0.315 e. The fraction of sp³-hybridized carbons (Fsp3) is 0.787. The van der Waals surface area contributed by atoms with Gasteiger partial charge in [-0.2, -0.15) is 0 Å². The highest BCUT2D eigenvalue weighted by Crippen LogP contribution is 2.16. The molecule has 0 rings (SSSR count). The van der Waals surface area contributed by atoms with Crippen LogP contribution >= 0.6 is 0 Å². The summed E-state index contributed by atoms with van der Waals surface area (Å²) in [7, 11) is 0. The second-order valence-corrected chi connectivity index (χ2v) is 30.7. The molecule has 0 aliphatic rings. The van der Waals surface area contributed by atoms with E-state index in [0.29, 0.717) is 26.2 Å². The van der Waals surface area contributed by atoms with Gasteiger partial charge in [0, 0.05) is 39.3 Å². The fourth-order valence-corrected chi connectivity index (χ4v) is 13.5. The molecule has 0 aliphatic heterocycles. The quantitative estimate of drug-likeness (QED) is 0.0257. The van der Waals surface area contributed by atoms with E-state index in [4.69, 9.17) is 11.5 Å². The van der Waals surface area contributed by atoms with Gasteiger partial charge in [0.15, 0.2) is 0 Å². The van der Waals surface area contributed by atoms with Crippen LogP contribution in [-0.2, 0) is 9.59 Å². The minimum Gasteiger partial charge on any atom is -0.341 e. The topological polar surface area (TPSA) is 181 Å². The summed E-state index contributed by atoms with van der Waals surface area (Å²) in [6, 6.07) is -0.615. The van der Waals surface area contributed by atoms with Crippen LogP contribution in [0, 0.1) is 0 Å². The summed E-state index contributed by atoms with van der Waals surface area (Å²) in [6.45, 7) is 19.7. The van der Waals surface area contributed by atoms with E-state index in [1.165, 1.54) is 205 Å². The largest absolute Gasteiger partial charge is 0.341 e. The molecule has 0 aromatic heterocycles. The van der Waals surface area contributed by atoms with Gasteiger partial charge in [-0.15, -0.1) is 0 Å². The average molecular weight is 1510 g/mol. The lowest BCUT2D eigenvalue weighted by molar-refractivity contribution is -0.131. The van der Waals surface area contributed by atoms with Gasteiger partial charge in [-0.3, -0.25) is 9.59 Å². The van der Waals surface area contributed by atoms with Gasteiger partial charge in [0.25, 0.3) is 0 Å². The number of amides is 6. The van der Waals surface area contributed by atoms with Gasteiger partial charge in [0.1, 0.15) is 0 Å². The van der Waals surface area contributed by atoms with Crippen LogP contribution in [0.1, 0.15) is 374 Å². The first kappa shape index (κ1) is 103. The zero-order valence-corrected chi connectivity index (χ0v) is 71.3. The Hall–Kier alpha value is -4.76. The van der Waals surface area contributed by atoms with Gasteiger partial charge >= 0.3 is 12.1 Å². The van der Waals surface area contributed by atoms with E-state index in [1.54, 1.807) is 0 Å². The lowest BCUT2D eigenvalue weighted by Gasteiger charge is -2.25. The van der Waals surface area contributed by atoms with Crippen LogP contribution in [0.25, 0.3) is 0 Å². The molecule has 8 N–H and O–H groups in total. The Labute approximate surface area is 668 Å². The van der Waals surface area contributed by atoms with Crippen molar-refractivity contribution in [3.63, 3.8) is 0 Å². The van der Waals surface area contributed by atoms with Gasteiger partial charge < -0.3 is 52.3 Å². The van der Waals surface area contributed by atoms with Crippen LogP contribution in [0.2, 0.25) is 0 Å². The zero-order valence-electron chi connectivity index (χ0n) is 71.3.